The SMILES string of the molecule is CC.CCSc1cc(C)sc1C(=O)O. The molecule has 1 aromatic rings. The van der Waals surface area contributed by atoms with Crippen LogP contribution in [0.15, 0.2) is 11.0 Å². The van der Waals surface area contributed by atoms with E-state index in [2.05, 4.69) is 0 Å². The molecule has 1 rings (SSSR count). The third-order valence-electron chi connectivity index (χ3n) is 1.32. The van der Waals surface area contributed by atoms with Gasteiger partial charge < -0.3 is 5.11 Å². The number of carboxylic acid groups (broad SMARTS) is 1. The zero-order chi connectivity index (χ0) is 11.1. The van der Waals surface area contributed by atoms with Gasteiger partial charge in [-0.25, -0.2) is 4.79 Å². The van der Waals surface area contributed by atoms with Crippen molar-refractivity contribution in [3.63, 3.8) is 0 Å². The van der Waals surface area contributed by atoms with Crippen molar-refractivity contribution in [3.05, 3.63) is 15.8 Å². The Morgan fingerprint density at radius 1 is 1.57 bits per heavy atom. The molecule has 0 atom stereocenters. The third-order valence-corrected chi connectivity index (χ3v) is 3.40. The van der Waals surface area contributed by atoms with E-state index in [0.29, 0.717) is 4.88 Å². The molecule has 0 saturated carbocycles. The zero-order valence-corrected chi connectivity index (χ0v) is 10.6. The Morgan fingerprint density at radius 3 is 2.57 bits per heavy atom. The fourth-order valence-electron chi connectivity index (χ4n) is 0.903. The lowest BCUT2D eigenvalue weighted by Gasteiger charge is -1.94. The molecular formula is C10H16O2S2. The first-order chi connectivity index (χ1) is 6.65. The lowest BCUT2D eigenvalue weighted by Crippen LogP contribution is -1.93. The Bertz CT molecular complexity index is 292. The van der Waals surface area contributed by atoms with E-state index in [1.165, 1.54) is 11.3 Å². The maximum Gasteiger partial charge on any atom is 0.347 e. The Hall–Kier alpha value is -0.480. The van der Waals surface area contributed by atoms with Crippen LogP contribution in [0.3, 0.4) is 0 Å². The highest BCUT2D eigenvalue weighted by atomic mass is 32.2. The van der Waals surface area contributed by atoms with Crippen molar-refractivity contribution in [3.8, 4) is 0 Å². The molecule has 1 heterocycles. The first kappa shape index (κ1) is 13.5. The Labute approximate surface area is 93.3 Å². The van der Waals surface area contributed by atoms with E-state index in [-0.39, 0.29) is 0 Å². The second-order valence-corrected chi connectivity index (χ2v) is 4.85. The minimum atomic E-state index is -0.816. The predicted molar refractivity (Wildman–Crippen MR) is 63.8 cm³/mol. The van der Waals surface area contributed by atoms with Gasteiger partial charge in [-0.05, 0) is 18.7 Å². The molecule has 0 saturated heterocycles. The molecule has 2 nitrogen and oxygen atoms in total. The average molecular weight is 232 g/mol. The van der Waals surface area contributed by atoms with E-state index in [1.807, 2.05) is 33.8 Å². The first-order valence-corrected chi connectivity index (χ1v) is 6.42. The monoisotopic (exact) mass is 232 g/mol. The summed E-state index contributed by atoms with van der Waals surface area (Å²) < 4.78 is 0. The van der Waals surface area contributed by atoms with Crippen molar-refractivity contribution in [2.24, 2.45) is 0 Å². The quantitative estimate of drug-likeness (QED) is 0.803. The van der Waals surface area contributed by atoms with Gasteiger partial charge in [-0.2, -0.15) is 0 Å². The minimum absolute atomic E-state index is 0.472. The molecule has 0 aliphatic rings. The van der Waals surface area contributed by atoms with Crippen molar-refractivity contribution in [2.45, 2.75) is 32.6 Å². The van der Waals surface area contributed by atoms with Crippen LogP contribution in [0.5, 0.6) is 0 Å². The number of aromatic carboxylic acids is 1. The van der Waals surface area contributed by atoms with Crippen molar-refractivity contribution >= 4 is 29.1 Å². The molecule has 1 N–H and O–H groups in total. The molecule has 80 valence electrons. The van der Waals surface area contributed by atoms with Crippen LogP contribution in [0.1, 0.15) is 35.3 Å². The summed E-state index contributed by atoms with van der Waals surface area (Å²) in [7, 11) is 0. The highest BCUT2D eigenvalue weighted by Crippen LogP contribution is 2.30. The van der Waals surface area contributed by atoms with E-state index in [9.17, 15) is 4.79 Å². The van der Waals surface area contributed by atoms with Crippen LogP contribution in [-0.2, 0) is 0 Å². The number of hydrogen-bond donors (Lipinski definition) is 1. The summed E-state index contributed by atoms with van der Waals surface area (Å²) in [4.78, 5) is 13.1. The first-order valence-electron chi connectivity index (χ1n) is 4.61. The molecule has 0 fully saturated rings. The highest BCUT2D eigenvalue weighted by Gasteiger charge is 2.12. The number of thioether (sulfide) groups is 1. The maximum atomic E-state index is 10.7. The van der Waals surface area contributed by atoms with E-state index in [4.69, 9.17) is 5.11 Å². The van der Waals surface area contributed by atoms with Gasteiger partial charge in [0.1, 0.15) is 4.88 Å². The molecule has 0 radical (unpaired) electrons. The van der Waals surface area contributed by atoms with Crippen LogP contribution in [0, 0.1) is 6.92 Å². The second kappa shape index (κ2) is 6.90. The topological polar surface area (TPSA) is 37.3 Å². The molecule has 0 unspecified atom stereocenters. The normalized spacial score (nSPS) is 9.14. The smallest absolute Gasteiger partial charge is 0.347 e. The standard InChI is InChI=1S/C8H10O2S2.C2H6/c1-3-11-6-4-5(2)12-7(6)8(9)10;1-2/h4H,3H2,1-2H3,(H,9,10);1-2H3. The number of rotatable bonds is 3. The lowest BCUT2D eigenvalue weighted by molar-refractivity contribution is 0.0699. The summed E-state index contributed by atoms with van der Waals surface area (Å²) in [5.41, 5.74) is 0. The molecular weight excluding hydrogens is 216 g/mol. The second-order valence-electron chi connectivity index (χ2n) is 2.29. The van der Waals surface area contributed by atoms with Crippen LogP contribution in [0.25, 0.3) is 0 Å². The van der Waals surface area contributed by atoms with Gasteiger partial charge in [-0.1, -0.05) is 20.8 Å². The Kier molecular flexibility index (Phi) is 6.66. The number of hydrogen-bond acceptors (Lipinski definition) is 3. The molecule has 0 bridgehead atoms. The Morgan fingerprint density at radius 2 is 2.14 bits per heavy atom. The van der Waals surface area contributed by atoms with Crippen molar-refractivity contribution in [1.82, 2.24) is 0 Å². The average Bonchev–Trinajstić information content (AvgIpc) is 2.51. The van der Waals surface area contributed by atoms with Gasteiger partial charge in [-0.15, -0.1) is 23.1 Å². The Balaban J connectivity index is 0.000000791. The van der Waals surface area contributed by atoms with Crippen LogP contribution in [0.4, 0.5) is 0 Å². The number of aryl methyl sites for hydroxylation is 1. The molecule has 0 aliphatic carbocycles. The summed E-state index contributed by atoms with van der Waals surface area (Å²) in [5, 5.41) is 8.80. The number of carbonyl (C=O) groups is 1. The van der Waals surface area contributed by atoms with Gasteiger partial charge in [0.2, 0.25) is 0 Å². The zero-order valence-electron chi connectivity index (χ0n) is 8.96. The van der Waals surface area contributed by atoms with Gasteiger partial charge in [-0.3, -0.25) is 0 Å². The van der Waals surface area contributed by atoms with E-state index < -0.39 is 5.97 Å². The van der Waals surface area contributed by atoms with E-state index in [0.717, 1.165) is 15.5 Å². The lowest BCUT2D eigenvalue weighted by atomic mass is 10.4. The van der Waals surface area contributed by atoms with Crippen LogP contribution < -0.4 is 0 Å². The molecule has 1 aromatic heterocycles. The summed E-state index contributed by atoms with van der Waals surface area (Å²) in [6.45, 7) is 7.94. The van der Waals surface area contributed by atoms with Crippen molar-refractivity contribution in [2.75, 3.05) is 5.75 Å². The van der Waals surface area contributed by atoms with Gasteiger partial charge >= 0.3 is 5.97 Å². The minimum Gasteiger partial charge on any atom is -0.477 e. The summed E-state index contributed by atoms with van der Waals surface area (Å²) in [5.74, 6) is 0.0975. The molecule has 0 amide bonds. The maximum absolute atomic E-state index is 10.7. The number of thiophene rings is 1. The van der Waals surface area contributed by atoms with Crippen LogP contribution in [-0.4, -0.2) is 16.8 Å². The largest absolute Gasteiger partial charge is 0.477 e. The summed E-state index contributed by atoms with van der Waals surface area (Å²) in [6, 6.07) is 1.93. The highest BCUT2D eigenvalue weighted by molar-refractivity contribution is 7.99. The summed E-state index contributed by atoms with van der Waals surface area (Å²) >= 11 is 2.92. The van der Waals surface area contributed by atoms with E-state index in [1.54, 1.807) is 11.8 Å². The van der Waals surface area contributed by atoms with Crippen LogP contribution >= 0.6 is 23.1 Å². The van der Waals surface area contributed by atoms with Gasteiger partial charge in [0.05, 0.1) is 0 Å². The van der Waals surface area contributed by atoms with Crippen LogP contribution in [0.2, 0.25) is 0 Å². The molecule has 0 spiro atoms. The van der Waals surface area contributed by atoms with Gasteiger partial charge in [0.25, 0.3) is 0 Å². The van der Waals surface area contributed by atoms with Crippen molar-refractivity contribution in [1.29, 1.82) is 0 Å². The summed E-state index contributed by atoms with van der Waals surface area (Å²) in [6.07, 6.45) is 0. The molecule has 0 aliphatic heterocycles. The molecule has 4 heteroatoms. The fraction of sp³-hybridized carbons (Fsp3) is 0.500. The van der Waals surface area contributed by atoms with Crippen molar-refractivity contribution < 1.29 is 9.90 Å². The number of carboxylic acids is 1. The third kappa shape index (κ3) is 3.72. The fourth-order valence-corrected chi connectivity index (χ4v) is 2.81. The predicted octanol–water partition coefficient (Wildman–Crippen LogP) is 3.89. The van der Waals surface area contributed by atoms with E-state index >= 15 is 0 Å². The molecule has 0 aromatic carbocycles. The van der Waals surface area contributed by atoms with Gasteiger partial charge in [0, 0.05) is 9.77 Å². The van der Waals surface area contributed by atoms with Gasteiger partial charge in [0.15, 0.2) is 0 Å². The molecule has 14 heavy (non-hydrogen) atoms.